The molecule has 0 spiro atoms. The summed E-state index contributed by atoms with van der Waals surface area (Å²) in [4.78, 5) is 7.51. The van der Waals surface area contributed by atoms with E-state index in [2.05, 4.69) is 22.9 Å². The van der Waals surface area contributed by atoms with Gasteiger partial charge < -0.3 is 4.90 Å². The van der Waals surface area contributed by atoms with Gasteiger partial charge in [-0.2, -0.15) is 5.26 Å². The molecular formula is C11H15N3S. The van der Waals surface area contributed by atoms with Gasteiger partial charge >= 0.3 is 0 Å². The van der Waals surface area contributed by atoms with E-state index in [4.69, 9.17) is 5.26 Å². The first-order valence-electron chi connectivity index (χ1n) is 5.33. The van der Waals surface area contributed by atoms with Crippen molar-refractivity contribution < 1.29 is 0 Å². The quantitative estimate of drug-likeness (QED) is 0.731. The van der Waals surface area contributed by atoms with Crippen LogP contribution in [-0.4, -0.2) is 18.1 Å². The molecule has 1 aliphatic heterocycles. The number of anilines is 1. The third-order valence-electron chi connectivity index (χ3n) is 2.94. The lowest BCUT2D eigenvalue weighted by Crippen LogP contribution is -2.32. The van der Waals surface area contributed by atoms with Crippen molar-refractivity contribution in [2.24, 2.45) is 5.92 Å². The number of thiazole rings is 1. The zero-order valence-electron chi connectivity index (χ0n) is 9.16. The maximum absolute atomic E-state index is 8.87. The van der Waals surface area contributed by atoms with Crippen LogP contribution in [0.4, 0.5) is 5.13 Å². The molecule has 3 nitrogen and oxygen atoms in total. The van der Waals surface area contributed by atoms with Crippen molar-refractivity contribution in [3.8, 4) is 6.07 Å². The van der Waals surface area contributed by atoms with Gasteiger partial charge in [-0.15, -0.1) is 0 Å². The minimum Gasteiger partial charge on any atom is -0.348 e. The van der Waals surface area contributed by atoms with Crippen LogP contribution in [0.1, 0.15) is 30.3 Å². The number of nitrogens with zero attached hydrogens (tertiary/aromatic N) is 3. The first kappa shape index (κ1) is 10.4. The molecule has 0 unspecified atom stereocenters. The van der Waals surface area contributed by atoms with Gasteiger partial charge in [-0.3, -0.25) is 0 Å². The predicted octanol–water partition coefficient (Wildman–Crippen LogP) is 2.56. The Morgan fingerprint density at radius 2 is 2.13 bits per heavy atom. The highest BCUT2D eigenvalue weighted by molar-refractivity contribution is 7.16. The number of piperidine rings is 1. The van der Waals surface area contributed by atoms with Crippen LogP contribution < -0.4 is 4.90 Å². The molecule has 1 saturated heterocycles. The van der Waals surface area contributed by atoms with Crippen LogP contribution in [-0.2, 0) is 0 Å². The Labute approximate surface area is 94.4 Å². The second kappa shape index (κ2) is 4.19. The van der Waals surface area contributed by atoms with E-state index in [1.54, 1.807) is 0 Å². The monoisotopic (exact) mass is 221 g/mol. The highest BCUT2D eigenvalue weighted by Gasteiger charge is 2.19. The smallest absolute Gasteiger partial charge is 0.186 e. The summed E-state index contributed by atoms with van der Waals surface area (Å²) in [7, 11) is 0. The molecular weight excluding hydrogens is 206 g/mol. The van der Waals surface area contributed by atoms with Crippen LogP contribution in [0, 0.1) is 24.2 Å². The van der Waals surface area contributed by atoms with Gasteiger partial charge in [0.05, 0.1) is 5.69 Å². The molecule has 0 bridgehead atoms. The maximum atomic E-state index is 8.87. The van der Waals surface area contributed by atoms with Crippen molar-refractivity contribution in [1.29, 1.82) is 5.26 Å². The molecule has 0 radical (unpaired) electrons. The molecule has 0 aromatic carbocycles. The van der Waals surface area contributed by atoms with Crippen LogP contribution in [0.15, 0.2) is 0 Å². The molecule has 80 valence electrons. The fourth-order valence-electron chi connectivity index (χ4n) is 1.82. The molecule has 0 aliphatic carbocycles. The Bertz CT molecular complexity index is 383. The van der Waals surface area contributed by atoms with E-state index >= 15 is 0 Å². The summed E-state index contributed by atoms with van der Waals surface area (Å²) >= 11 is 1.52. The van der Waals surface area contributed by atoms with Gasteiger partial charge in [0.1, 0.15) is 10.9 Å². The lowest BCUT2D eigenvalue weighted by Gasteiger charge is -2.29. The Morgan fingerprint density at radius 3 is 2.67 bits per heavy atom. The minimum absolute atomic E-state index is 0.753. The van der Waals surface area contributed by atoms with Crippen molar-refractivity contribution in [2.75, 3.05) is 18.0 Å². The third kappa shape index (κ3) is 2.13. The molecule has 0 atom stereocenters. The van der Waals surface area contributed by atoms with Crippen LogP contribution in [0.5, 0.6) is 0 Å². The van der Waals surface area contributed by atoms with Gasteiger partial charge in [-0.25, -0.2) is 4.98 Å². The van der Waals surface area contributed by atoms with Gasteiger partial charge in [0, 0.05) is 13.1 Å². The lowest BCUT2D eigenvalue weighted by molar-refractivity contribution is 0.438. The second-order valence-corrected chi connectivity index (χ2v) is 5.17. The fraction of sp³-hybridized carbons (Fsp3) is 0.636. The predicted molar refractivity (Wildman–Crippen MR) is 62.2 cm³/mol. The largest absolute Gasteiger partial charge is 0.348 e. The zero-order valence-corrected chi connectivity index (χ0v) is 9.97. The summed E-state index contributed by atoms with van der Waals surface area (Å²) < 4.78 is 0. The number of hydrogen-bond acceptors (Lipinski definition) is 4. The number of rotatable bonds is 1. The molecule has 0 saturated carbocycles. The van der Waals surface area contributed by atoms with Gasteiger partial charge in [-0.05, 0) is 25.7 Å². The van der Waals surface area contributed by atoms with E-state index in [1.807, 2.05) is 6.92 Å². The summed E-state index contributed by atoms with van der Waals surface area (Å²) in [6.07, 6.45) is 2.47. The second-order valence-electron chi connectivity index (χ2n) is 4.19. The summed E-state index contributed by atoms with van der Waals surface area (Å²) in [5, 5.41) is 9.90. The number of aromatic nitrogens is 1. The van der Waals surface area contributed by atoms with Gasteiger partial charge in [0.15, 0.2) is 5.13 Å². The molecule has 2 rings (SSSR count). The van der Waals surface area contributed by atoms with Crippen molar-refractivity contribution in [3.63, 3.8) is 0 Å². The number of nitriles is 1. The number of hydrogen-bond donors (Lipinski definition) is 0. The van der Waals surface area contributed by atoms with E-state index in [-0.39, 0.29) is 0 Å². The van der Waals surface area contributed by atoms with Crippen LogP contribution in [0.2, 0.25) is 0 Å². The molecule has 15 heavy (non-hydrogen) atoms. The Kier molecular flexibility index (Phi) is 2.92. The highest BCUT2D eigenvalue weighted by atomic mass is 32.1. The summed E-state index contributed by atoms with van der Waals surface area (Å²) in [5.74, 6) is 0.831. The van der Waals surface area contributed by atoms with Gasteiger partial charge in [-0.1, -0.05) is 18.3 Å². The normalized spacial score (nSPS) is 17.8. The molecule has 0 N–H and O–H groups in total. The van der Waals surface area contributed by atoms with E-state index in [0.29, 0.717) is 0 Å². The summed E-state index contributed by atoms with van der Waals surface area (Å²) in [6.45, 7) is 6.37. The number of aryl methyl sites for hydroxylation is 1. The molecule has 2 heterocycles. The average molecular weight is 221 g/mol. The van der Waals surface area contributed by atoms with Crippen LogP contribution in [0.3, 0.4) is 0 Å². The summed E-state index contributed by atoms with van der Waals surface area (Å²) in [5.41, 5.74) is 0.871. The minimum atomic E-state index is 0.753. The van der Waals surface area contributed by atoms with Crippen LogP contribution in [0.25, 0.3) is 0 Å². The first-order chi connectivity index (χ1) is 7.20. The van der Waals surface area contributed by atoms with Crippen LogP contribution >= 0.6 is 11.3 Å². The Hall–Kier alpha value is -1.08. The molecule has 1 aromatic rings. The van der Waals surface area contributed by atoms with Crippen molar-refractivity contribution in [3.05, 3.63) is 10.6 Å². The van der Waals surface area contributed by atoms with E-state index in [1.165, 1.54) is 24.2 Å². The average Bonchev–Trinajstić information content (AvgIpc) is 2.61. The van der Waals surface area contributed by atoms with Crippen molar-refractivity contribution in [2.45, 2.75) is 26.7 Å². The molecule has 1 aromatic heterocycles. The van der Waals surface area contributed by atoms with E-state index < -0.39 is 0 Å². The Morgan fingerprint density at radius 1 is 1.47 bits per heavy atom. The topological polar surface area (TPSA) is 39.9 Å². The van der Waals surface area contributed by atoms with Crippen molar-refractivity contribution in [1.82, 2.24) is 4.98 Å². The lowest BCUT2D eigenvalue weighted by atomic mass is 10.00. The molecule has 0 amide bonds. The van der Waals surface area contributed by atoms with Gasteiger partial charge in [0.25, 0.3) is 0 Å². The van der Waals surface area contributed by atoms with E-state index in [0.717, 1.165) is 34.7 Å². The van der Waals surface area contributed by atoms with Crippen molar-refractivity contribution >= 4 is 16.5 Å². The molecule has 1 aliphatic rings. The first-order valence-corrected chi connectivity index (χ1v) is 6.15. The Balaban J connectivity index is 2.13. The SMILES string of the molecule is Cc1nc(N2CCC(C)CC2)sc1C#N. The molecule has 4 heteroatoms. The van der Waals surface area contributed by atoms with E-state index in [9.17, 15) is 0 Å². The third-order valence-corrected chi connectivity index (χ3v) is 4.06. The zero-order chi connectivity index (χ0) is 10.8. The summed E-state index contributed by atoms with van der Waals surface area (Å²) in [6, 6.07) is 2.19. The maximum Gasteiger partial charge on any atom is 0.186 e. The molecule has 1 fully saturated rings. The van der Waals surface area contributed by atoms with Gasteiger partial charge in [0.2, 0.25) is 0 Å². The highest BCUT2D eigenvalue weighted by Crippen LogP contribution is 2.28. The standard InChI is InChI=1S/C11H15N3S/c1-8-3-5-14(6-4-8)11-13-9(2)10(7-12)15-11/h8H,3-6H2,1-2H3. The fourth-order valence-corrected chi connectivity index (χ4v) is 2.74.